The summed E-state index contributed by atoms with van der Waals surface area (Å²) in [6.07, 6.45) is 8.15. The van der Waals surface area contributed by atoms with Crippen molar-refractivity contribution in [3.8, 4) is 0 Å². The summed E-state index contributed by atoms with van der Waals surface area (Å²) in [5.41, 5.74) is 1.82. The quantitative estimate of drug-likeness (QED) is 0.763. The summed E-state index contributed by atoms with van der Waals surface area (Å²) >= 11 is 0. The second kappa shape index (κ2) is 8.01. The molecule has 24 heavy (non-hydrogen) atoms. The molecule has 2 atom stereocenters. The van der Waals surface area contributed by atoms with Crippen molar-refractivity contribution in [1.29, 1.82) is 0 Å². The van der Waals surface area contributed by atoms with E-state index < -0.39 is 0 Å². The molecule has 2 heteroatoms. The summed E-state index contributed by atoms with van der Waals surface area (Å²) in [5, 5.41) is 0. The van der Waals surface area contributed by atoms with Gasteiger partial charge in [-0.05, 0) is 76.1 Å². The van der Waals surface area contributed by atoms with E-state index in [9.17, 15) is 0 Å². The molecule has 2 aliphatic heterocycles. The number of hydrogen-bond donors (Lipinski definition) is 0. The van der Waals surface area contributed by atoms with E-state index in [0.29, 0.717) is 17.4 Å². The van der Waals surface area contributed by atoms with E-state index in [1.165, 1.54) is 57.2 Å². The average molecular weight is 330 g/mol. The smallest absolute Gasteiger partial charge is 0.0583 e. The van der Waals surface area contributed by atoms with Crippen LogP contribution in [0.5, 0.6) is 0 Å². The van der Waals surface area contributed by atoms with Crippen LogP contribution in [0.1, 0.15) is 57.9 Å². The maximum absolute atomic E-state index is 6.21. The standard InChI is InChI=1S/C22H35NO/c1-18(2)22(20-7-5-4-6-8-20)13-16-24-21(17-22)10-9-19-11-14-23(3)15-12-19/h4-8,18-19,21H,9-17H2,1-3H3. The van der Waals surface area contributed by atoms with Crippen molar-refractivity contribution < 1.29 is 4.74 Å². The Labute approximate surface area is 148 Å². The summed E-state index contributed by atoms with van der Waals surface area (Å²) < 4.78 is 6.21. The van der Waals surface area contributed by atoms with Crippen molar-refractivity contribution in [3.05, 3.63) is 35.9 Å². The Hall–Kier alpha value is -0.860. The van der Waals surface area contributed by atoms with Gasteiger partial charge in [-0.1, -0.05) is 44.2 Å². The molecular weight excluding hydrogens is 294 g/mol. The van der Waals surface area contributed by atoms with Crippen molar-refractivity contribution in [2.75, 3.05) is 26.7 Å². The van der Waals surface area contributed by atoms with E-state index in [4.69, 9.17) is 4.74 Å². The van der Waals surface area contributed by atoms with Gasteiger partial charge in [0.2, 0.25) is 0 Å². The fourth-order valence-corrected chi connectivity index (χ4v) is 4.82. The third-order valence-electron chi connectivity index (χ3n) is 6.68. The molecule has 134 valence electrons. The van der Waals surface area contributed by atoms with Crippen molar-refractivity contribution >= 4 is 0 Å². The molecule has 0 aromatic heterocycles. The molecule has 2 heterocycles. The van der Waals surface area contributed by atoms with Gasteiger partial charge in [-0.2, -0.15) is 0 Å². The van der Waals surface area contributed by atoms with Gasteiger partial charge in [0.1, 0.15) is 0 Å². The van der Waals surface area contributed by atoms with E-state index in [1.54, 1.807) is 0 Å². The van der Waals surface area contributed by atoms with E-state index in [2.05, 4.69) is 56.1 Å². The number of piperidine rings is 1. The van der Waals surface area contributed by atoms with Crippen LogP contribution in [0.25, 0.3) is 0 Å². The van der Waals surface area contributed by atoms with Gasteiger partial charge < -0.3 is 9.64 Å². The van der Waals surface area contributed by atoms with Crippen LogP contribution < -0.4 is 0 Å². The molecule has 0 radical (unpaired) electrons. The lowest BCUT2D eigenvalue weighted by molar-refractivity contribution is -0.0410. The molecular formula is C22H35NO. The van der Waals surface area contributed by atoms with Crippen molar-refractivity contribution in [2.45, 2.75) is 63.9 Å². The highest BCUT2D eigenvalue weighted by Gasteiger charge is 2.40. The van der Waals surface area contributed by atoms with E-state index in [0.717, 1.165) is 12.5 Å². The largest absolute Gasteiger partial charge is 0.378 e. The predicted octanol–water partition coefficient (Wildman–Crippen LogP) is 4.88. The minimum atomic E-state index is 0.303. The molecule has 0 saturated carbocycles. The fraction of sp³-hybridized carbons (Fsp3) is 0.727. The molecule has 0 N–H and O–H groups in total. The third-order valence-corrected chi connectivity index (χ3v) is 6.68. The molecule has 1 aromatic carbocycles. The van der Waals surface area contributed by atoms with Crippen molar-refractivity contribution in [3.63, 3.8) is 0 Å². The topological polar surface area (TPSA) is 12.5 Å². The van der Waals surface area contributed by atoms with Gasteiger partial charge in [0.15, 0.2) is 0 Å². The minimum absolute atomic E-state index is 0.303. The minimum Gasteiger partial charge on any atom is -0.378 e. The van der Waals surface area contributed by atoms with E-state index in [1.807, 2.05) is 0 Å². The second-order valence-electron chi connectivity index (χ2n) is 8.45. The Morgan fingerprint density at radius 3 is 2.50 bits per heavy atom. The molecule has 2 nitrogen and oxygen atoms in total. The number of rotatable bonds is 5. The summed E-state index contributed by atoms with van der Waals surface area (Å²) in [5.74, 6) is 1.58. The van der Waals surface area contributed by atoms with E-state index in [-0.39, 0.29) is 0 Å². The molecule has 1 aromatic rings. The molecule has 0 spiro atoms. The Morgan fingerprint density at radius 1 is 1.12 bits per heavy atom. The highest BCUT2D eigenvalue weighted by Crippen LogP contribution is 2.44. The van der Waals surface area contributed by atoms with Gasteiger partial charge in [-0.3, -0.25) is 0 Å². The average Bonchev–Trinajstić information content (AvgIpc) is 2.62. The van der Waals surface area contributed by atoms with Crippen LogP contribution in [0.4, 0.5) is 0 Å². The zero-order chi connectivity index (χ0) is 17.0. The first-order chi connectivity index (χ1) is 11.6. The van der Waals surface area contributed by atoms with Gasteiger partial charge in [0.25, 0.3) is 0 Å². The summed E-state index contributed by atoms with van der Waals surface area (Å²) in [6.45, 7) is 8.26. The Kier molecular flexibility index (Phi) is 5.99. The zero-order valence-electron chi connectivity index (χ0n) is 15.8. The van der Waals surface area contributed by atoms with Crippen LogP contribution in [0.3, 0.4) is 0 Å². The summed E-state index contributed by atoms with van der Waals surface area (Å²) in [4.78, 5) is 2.47. The maximum Gasteiger partial charge on any atom is 0.0583 e. The number of benzene rings is 1. The number of hydrogen-bond acceptors (Lipinski definition) is 2. The fourth-order valence-electron chi connectivity index (χ4n) is 4.82. The normalized spacial score (nSPS) is 29.9. The summed E-state index contributed by atoms with van der Waals surface area (Å²) in [7, 11) is 2.25. The molecule has 2 unspecified atom stereocenters. The maximum atomic E-state index is 6.21. The third kappa shape index (κ3) is 4.03. The lowest BCUT2D eigenvalue weighted by Crippen LogP contribution is -2.42. The summed E-state index contributed by atoms with van der Waals surface area (Å²) in [6, 6.07) is 11.2. The number of nitrogens with zero attached hydrogens (tertiary/aromatic N) is 1. The van der Waals surface area contributed by atoms with Crippen LogP contribution >= 0.6 is 0 Å². The van der Waals surface area contributed by atoms with Crippen LogP contribution in [0.15, 0.2) is 30.3 Å². The van der Waals surface area contributed by atoms with Gasteiger partial charge in [-0.25, -0.2) is 0 Å². The van der Waals surface area contributed by atoms with Gasteiger partial charge in [-0.15, -0.1) is 0 Å². The number of likely N-dealkylation sites (tertiary alicyclic amines) is 1. The Balaban J connectivity index is 1.62. The zero-order valence-corrected chi connectivity index (χ0v) is 15.8. The van der Waals surface area contributed by atoms with Gasteiger partial charge in [0, 0.05) is 12.0 Å². The molecule has 2 aliphatic rings. The first-order valence-electron chi connectivity index (χ1n) is 9.96. The Bertz CT molecular complexity index is 492. The highest BCUT2D eigenvalue weighted by molar-refractivity contribution is 5.27. The molecule has 2 fully saturated rings. The first kappa shape index (κ1) is 17.9. The van der Waals surface area contributed by atoms with Crippen LogP contribution in [0, 0.1) is 11.8 Å². The van der Waals surface area contributed by atoms with Crippen molar-refractivity contribution in [1.82, 2.24) is 4.90 Å². The highest BCUT2D eigenvalue weighted by atomic mass is 16.5. The monoisotopic (exact) mass is 329 g/mol. The number of ether oxygens (including phenoxy) is 1. The Morgan fingerprint density at radius 2 is 1.83 bits per heavy atom. The molecule has 0 amide bonds. The second-order valence-corrected chi connectivity index (χ2v) is 8.45. The van der Waals surface area contributed by atoms with E-state index >= 15 is 0 Å². The SMILES string of the molecule is CC(C)C1(c2ccccc2)CCOC(CCC2CCN(C)CC2)C1. The van der Waals surface area contributed by atoms with Gasteiger partial charge in [0.05, 0.1) is 6.10 Å². The molecule has 3 rings (SSSR count). The first-order valence-corrected chi connectivity index (χ1v) is 9.96. The molecule has 0 bridgehead atoms. The predicted molar refractivity (Wildman–Crippen MR) is 101 cm³/mol. The van der Waals surface area contributed by atoms with Gasteiger partial charge >= 0.3 is 0 Å². The van der Waals surface area contributed by atoms with Crippen LogP contribution in [-0.4, -0.2) is 37.7 Å². The lowest BCUT2D eigenvalue weighted by Gasteiger charge is -2.45. The molecule has 2 saturated heterocycles. The van der Waals surface area contributed by atoms with Crippen molar-refractivity contribution in [2.24, 2.45) is 11.8 Å². The molecule has 0 aliphatic carbocycles. The van der Waals surface area contributed by atoms with Crippen LogP contribution in [-0.2, 0) is 10.2 Å². The lowest BCUT2D eigenvalue weighted by atomic mass is 9.65. The van der Waals surface area contributed by atoms with Crippen LogP contribution in [0.2, 0.25) is 0 Å².